The maximum absolute atomic E-state index is 12.5. The van der Waals surface area contributed by atoms with Crippen LogP contribution in [-0.4, -0.2) is 24.5 Å². The number of nitrogens with zero attached hydrogens (tertiary/aromatic N) is 2. The number of benzene rings is 2. The number of hydrogen-bond donors (Lipinski definition) is 2. The van der Waals surface area contributed by atoms with E-state index in [2.05, 4.69) is 20.2 Å². The molecule has 8 nitrogen and oxygen atoms in total. The highest BCUT2D eigenvalue weighted by molar-refractivity contribution is 7.92. The molecule has 158 valence electrons. The van der Waals surface area contributed by atoms with Gasteiger partial charge in [-0.3, -0.25) is 9.52 Å². The normalized spacial score (nSPS) is 11.4. The largest absolute Gasteiger partial charge is 0.356 e. The summed E-state index contributed by atoms with van der Waals surface area (Å²) in [6, 6.07) is 14.7. The molecule has 0 aliphatic rings. The van der Waals surface area contributed by atoms with E-state index in [1.54, 1.807) is 18.2 Å². The Kier molecular flexibility index (Phi) is 5.43. The van der Waals surface area contributed by atoms with E-state index >= 15 is 0 Å². The zero-order chi connectivity index (χ0) is 22.0. The Labute approximate surface area is 179 Å². The molecule has 0 unspecified atom stereocenters. The van der Waals surface area contributed by atoms with Crippen LogP contribution in [0.15, 0.2) is 70.2 Å². The van der Waals surface area contributed by atoms with Crippen molar-refractivity contribution in [2.24, 2.45) is 0 Å². The molecule has 4 aromatic rings. The second kappa shape index (κ2) is 8.19. The number of hydrogen-bond acceptors (Lipinski definition) is 6. The third kappa shape index (κ3) is 4.56. The lowest BCUT2D eigenvalue weighted by molar-refractivity contribution is -0.115. The van der Waals surface area contributed by atoms with E-state index in [4.69, 9.17) is 4.52 Å². The van der Waals surface area contributed by atoms with Crippen molar-refractivity contribution in [1.82, 2.24) is 10.1 Å². The van der Waals surface area contributed by atoms with Gasteiger partial charge < -0.3 is 9.84 Å². The number of carbonyl (C=O) groups excluding carboxylic acids is 1. The second-order valence-electron chi connectivity index (χ2n) is 7.13. The fourth-order valence-corrected chi connectivity index (χ4v) is 4.07. The first-order valence-electron chi connectivity index (χ1n) is 9.51. The van der Waals surface area contributed by atoms with E-state index in [1.165, 1.54) is 30.5 Å². The van der Waals surface area contributed by atoms with Gasteiger partial charge >= 0.3 is 0 Å². The van der Waals surface area contributed by atoms with E-state index in [-0.39, 0.29) is 23.0 Å². The maximum atomic E-state index is 12.5. The van der Waals surface area contributed by atoms with E-state index in [1.807, 2.05) is 26.0 Å². The average molecular weight is 436 g/mol. The van der Waals surface area contributed by atoms with Gasteiger partial charge in [0, 0.05) is 17.3 Å². The number of aryl methyl sites for hydroxylation is 2. The van der Waals surface area contributed by atoms with Crippen LogP contribution in [0.25, 0.3) is 11.0 Å². The van der Waals surface area contributed by atoms with Gasteiger partial charge in [0.2, 0.25) is 5.91 Å². The van der Waals surface area contributed by atoms with Gasteiger partial charge in [-0.15, -0.1) is 0 Å². The first kappa shape index (κ1) is 20.5. The number of nitrogens with one attached hydrogen (secondary N) is 2. The summed E-state index contributed by atoms with van der Waals surface area (Å²) in [6.07, 6.45) is 1.54. The van der Waals surface area contributed by atoms with Crippen LogP contribution in [0.4, 0.5) is 11.5 Å². The number of rotatable bonds is 6. The lowest BCUT2D eigenvalue weighted by Gasteiger charge is -2.09. The zero-order valence-corrected chi connectivity index (χ0v) is 17.7. The molecular formula is C22H20N4O4S. The lowest BCUT2D eigenvalue weighted by atomic mass is 10.1. The molecule has 0 fully saturated rings. The van der Waals surface area contributed by atoms with Crippen LogP contribution in [0.1, 0.15) is 16.8 Å². The van der Waals surface area contributed by atoms with Crippen molar-refractivity contribution in [1.29, 1.82) is 0 Å². The Hall–Kier alpha value is -3.72. The fourth-order valence-electron chi connectivity index (χ4n) is 3.07. The van der Waals surface area contributed by atoms with Crippen molar-refractivity contribution in [3.8, 4) is 0 Å². The zero-order valence-electron chi connectivity index (χ0n) is 16.9. The Morgan fingerprint density at radius 2 is 1.77 bits per heavy atom. The van der Waals surface area contributed by atoms with E-state index in [0.29, 0.717) is 17.0 Å². The summed E-state index contributed by atoms with van der Waals surface area (Å²) in [4.78, 5) is 16.5. The Bertz CT molecular complexity index is 1350. The minimum absolute atomic E-state index is 0.0385. The van der Waals surface area contributed by atoms with Crippen molar-refractivity contribution in [3.63, 3.8) is 0 Å². The van der Waals surface area contributed by atoms with Gasteiger partial charge in [-0.25, -0.2) is 13.4 Å². The number of pyridine rings is 1. The molecule has 0 spiro atoms. The molecule has 2 heterocycles. The Morgan fingerprint density at radius 1 is 1.03 bits per heavy atom. The van der Waals surface area contributed by atoms with E-state index in [9.17, 15) is 13.2 Å². The minimum atomic E-state index is -3.78. The van der Waals surface area contributed by atoms with Gasteiger partial charge in [0.15, 0.2) is 5.58 Å². The molecule has 2 aromatic carbocycles. The van der Waals surface area contributed by atoms with Gasteiger partial charge in [-0.1, -0.05) is 11.2 Å². The fraction of sp³-hybridized carbons (Fsp3) is 0.136. The van der Waals surface area contributed by atoms with Crippen molar-refractivity contribution >= 4 is 38.4 Å². The molecule has 4 rings (SSSR count). The third-order valence-corrected chi connectivity index (χ3v) is 6.21. The molecule has 1 amide bonds. The molecule has 2 aromatic heterocycles. The van der Waals surface area contributed by atoms with Crippen molar-refractivity contribution in [2.45, 2.75) is 25.2 Å². The molecule has 0 radical (unpaired) electrons. The molecule has 0 saturated carbocycles. The number of amides is 1. The summed E-state index contributed by atoms with van der Waals surface area (Å²) in [5.41, 5.74) is 3.84. The van der Waals surface area contributed by atoms with Crippen LogP contribution in [0.3, 0.4) is 0 Å². The molecule has 0 saturated heterocycles. The van der Waals surface area contributed by atoms with Crippen molar-refractivity contribution in [2.75, 3.05) is 10.0 Å². The molecule has 31 heavy (non-hydrogen) atoms. The van der Waals surface area contributed by atoms with Crippen LogP contribution in [0, 0.1) is 13.8 Å². The number of carbonyl (C=O) groups is 1. The molecular weight excluding hydrogens is 416 g/mol. The quantitative estimate of drug-likeness (QED) is 0.475. The van der Waals surface area contributed by atoms with Crippen molar-refractivity contribution < 1.29 is 17.7 Å². The van der Waals surface area contributed by atoms with Gasteiger partial charge in [0.25, 0.3) is 10.0 Å². The topological polar surface area (TPSA) is 114 Å². The number of fused-ring (bicyclic) bond motifs is 1. The monoisotopic (exact) mass is 436 g/mol. The van der Waals surface area contributed by atoms with E-state index < -0.39 is 10.0 Å². The lowest BCUT2D eigenvalue weighted by Crippen LogP contribution is -2.16. The van der Waals surface area contributed by atoms with Crippen LogP contribution in [0.2, 0.25) is 0 Å². The Balaban J connectivity index is 1.44. The molecule has 0 bridgehead atoms. The summed E-state index contributed by atoms with van der Waals surface area (Å²) >= 11 is 0. The summed E-state index contributed by atoms with van der Waals surface area (Å²) in [5.74, 6) is -0.0548. The highest BCUT2D eigenvalue weighted by Crippen LogP contribution is 2.23. The summed E-state index contributed by atoms with van der Waals surface area (Å²) in [5, 5.41) is 7.57. The van der Waals surface area contributed by atoms with Crippen LogP contribution in [0.5, 0.6) is 0 Å². The SMILES string of the molecule is Cc1cc2onc(CC(=O)Nc3ccc(S(=O)(=O)Nc4ccccn4)cc3)c2cc1C. The smallest absolute Gasteiger partial charge is 0.263 e. The van der Waals surface area contributed by atoms with Gasteiger partial charge in [0.1, 0.15) is 11.5 Å². The summed E-state index contributed by atoms with van der Waals surface area (Å²) in [6.45, 7) is 3.98. The molecule has 0 atom stereocenters. The standard InChI is InChI=1S/C22H20N4O4S/c1-14-11-18-19(25-30-20(18)12-15(14)2)13-22(27)24-16-6-8-17(9-7-16)31(28,29)26-21-5-3-4-10-23-21/h3-12H,13H2,1-2H3,(H,23,26)(H,24,27). The number of anilines is 2. The predicted molar refractivity (Wildman–Crippen MR) is 117 cm³/mol. The molecule has 0 aliphatic carbocycles. The number of sulfonamides is 1. The molecule has 0 aliphatic heterocycles. The summed E-state index contributed by atoms with van der Waals surface area (Å²) < 4.78 is 32.7. The van der Waals surface area contributed by atoms with Crippen LogP contribution >= 0.6 is 0 Å². The number of aromatic nitrogens is 2. The molecule has 9 heteroatoms. The van der Waals surface area contributed by atoms with Crippen molar-refractivity contribution in [3.05, 3.63) is 77.6 Å². The first-order valence-corrected chi connectivity index (χ1v) is 11.0. The van der Waals surface area contributed by atoms with Gasteiger partial charge in [-0.2, -0.15) is 0 Å². The van der Waals surface area contributed by atoms with Crippen LogP contribution in [-0.2, 0) is 21.2 Å². The highest BCUT2D eigenvalue weighted by Gasteiger charge is 2.16. The van der Waals surface area contributed by atoms with Gasteiger partial charge in [-0.05, 0) is 73.5 Å². The third-order valence-electron chi connectivity index (χ3n) is 4.84. The second-order valence-corrected chi connectivity index (χ2v) is 8.81. The average Bonchev–Trinajstić information content (AvgIpc) is 3.10. The Morgan fingerprint density at radius 3 is 2.48 bits per heavy atom. The maximum Gasteiger partial charge on any atom is 0.263 e. The van der Waals surface area contributed by atoms with Crippen LogP contribution < -0.4 is 10.0 Å². The summed E-state index contributed by atoms with van der Waals surface area (Å²) in [7, 11) is -3.78. The minimum Gasteiger partial charge on any atom is -0.356 e. The van der Waals surface area contributed by atoms with Gasteiger partial charge in [0.05, 0.1) is 11.3 Å². The molecule has 2 N–H and O–H groups in total. The highest BCUT2D eigenvalue weighted by atomic mass is 32.2. The predicted octanol–water partition coefficient (Wildman–Crippen LogP) is 3.82. The van der Waals surface area contributed by atoms with E-state index in [0.717, 1.165) is 16.5 Å². The first-order chi connectivity index (χ1) is 14.8.